The van der Waals surface area contributed by atoms with E-state index >= 15 is 0 Å². The van der Waals surface area contributed by atoms with Crippen molar-refractivity contribution in [3.63, 3.8) is 0 Å². The van der Waals surface area contributed by atoms with Crippen LogP contribution in [0.3, 0.4) is 0 Å². The van der Waals surface area contributed by atoms with Crippen molar-refractivity contribution >= 4 is 34.9 Å². The van der Waals surface area contributed by atoms with Gasteiger partial charge in [0.05, 0.1) is 11.4 Å². The minimum absolute atomic E-state index is 0.0601. The van der Waals surface area contributed by atoms with Gasteiger partial charge in [-0.3, -0.25) is 9.59 Å². The Morgan fingerprint density at radius 2 is 2.40 bits per heavy atom. The largest absolute Gasteiger partial charge is 0.339 e. The lowest BCUT2D eigenvalue weighted by atomic mass is 10.2. The molecule has 0 N–H and O–H groups in total. The van der Waals surface area contributed by atoms with E-state index < -0.39 is 0 Å². The monoisotopic (exact) mass is 310 g/mol. The average molecular weight is 310 g/mol. The Kier molecular flexibility index (Phi) is 3.54. The van der Waals surface area contributed by atoms with Crippen LogP contribution in [0.5, 0.6) is 0 Å². The number of amides is 2. The zero-order valence-corrected chi connectivity index (χ0v) is 13.3. The predicted octanol–water partition coefficient (Wildman–Crippen LogP) is 2.16. The summed E-state index contributed by atoms with van der Waals surface area (Å²) in [6, 6.07) is 3.73. The fourth-order valence-corrected chi connectivity index (χ4v) is 5.15. The molecule has 3 rings (SSSR count). The second-order valence-electron chi connectivity index (χ2n) is 5.54. The summed E-state index contributed by atoms with van der Waals surface area (Å²) in [5.74, 6) is 0.904. The third kappa shape index (κ3) is 2.24. The molecule has 0 radical (unpaired) electrons. The van der Waals surface area contributed by atoms with Gasteiger partial charge in [0.15, 0.2) is 0 Å². The van der Waals surface area contributed by atoms with Crippen molar-refractivity contribution in [2.75, 3.05) is 12.8 Å². The maximum absolute atomic E-state index is 12.6. The maximum atomic E-state index is 12.6. The van der Waals surface area contributed by atoms with Crippen LogP contribution in [-0.2, 0) is 16.1 Å². The van der Waals surface area contributed by atoms with Crippen LogP contribution in [0.2, 0.25) is 0 Å². The molecule has 1 aromatic rings. The molecule has 0 saturated carbocycles. The lowest BCUT2D eigenvalue weighted by molar-refractivity contribution is -0.143. The number of likely N-dealkylation sites (N-methyl/N-ethyl adjacent to an activating group) is 1. The first-order chi connectivity index (χ1) is 9.51. The Morgan fingerprint density at radius 1 is 1.60 bits per heavy atom. The standard InChI is InChI=1S/C14H18N2O2S2/c1-14-6-5-12(17)16(14)11(9-20-14)13(18)15(2)8-10-4-3-7-19-10/h3-4,7,11H,5-6,8-9H2,1-2H3. The summed E-state index contributed by atoms with van der Waals surface area (Å²) in [6.45, 7) is 2.70. The van der Waals surface area contributed by atoms with Gasteiger partial charge in [0.1, 0.15) is 6.04 Å². The molecule has 2 unspecified atom stereocenters. The van der Waals surface area contributed by atoms with Gasteiger partial charge in [-0.25, -0.2) is 0 Å². The summed E-state index contributed by atoms with van der Waals surface area (Å²) >= 11 is 3.39. The molecule has 2 aliphatic rings. The molecule has 6 heteroatoms. The summed E-state index contributed by atoms with van der Waals surface area (Å²) in [5, 5.41) is 2.01. The summed E-state index contributed by atoms with van der Waals surface area (Å²) in [5.41, 5.74) is 0. The Morgan fingerprint density at radius 3 is 3.10 bits per heavy atom. The number of hydrogen-bond donors (Lipinski definition) is 0. The number of nitrogens with zero attached hydrogens (tertiary/aromatic N) is 2. The highest BCUT2D eigenvalue weighted by atomic mass is 32.2. The van der Waals surface area contributed by atoms with Crippen molar-refractivity contribution in [2.45, 2.75) is 37.2 Å². The summed E-state index contributed by atoms with van der Waals surface area (Å²) in [6.07, 6.45) is 1.43. The number of carbonyl (C=O) groups is 2. The minimum Gasteiger partial charge on any atom is -0.339 e. The number of fused-ring (bicyclic) bond motifs is 1. The first-order valence-corrected chi connectivity index (χ1v) is 8.61. The number of thiophene rings is 1. The zero-order valence-electron chi connectivity index (χ0n) is 11.7. The molecule has 2 aliphatic heterocycles. The first kappa shape index (κ1) is 13.9. The smallest absolute Gasteiger partial charge is 0.246 e. The Bertz CT molecular complexity index is 531. The predicted molar refractivity (Wildman–Crippen MR) is 81.5 cm³/mol. The lowest BCUT2D eigenvalue weighted by Gasteiger charge is -2.31. The number of rotatable bonds is 3. The quantitative estimate of drug-likeness (QED) is 0.859. The fourth-order valence-electron chi connectivity index (χ4n) is 2.97. The van der Waals surface area contributed by atoms with Crippen molar-refractivity contribution in [2.24, 2.45) is 0 Å². The van der Waals surface area contributed by atoms with Gasteiger partial charge in [0.2, 0.25) is 11.8 Å². The normalized spacial score (nSPS) is 28.8. The van der Waals surface area contributed by atoms with Gasteiger partial charge in [0, 0.05) is 24.1 Å². The van der Waals surface area contributed by atoms with E-state index in [-0.39, 0.29) is 22.7 Å². The molecule has 2 amide bonds. The van der Waals surface area contributed by atoms with Crippen molar-refractivity contribution in [3.05, 3.63) is 22.4 Å². The molecule has 2 fully saturated rings. The Labute approximate surface area is 127 Å². The van der Waals surface area contributed by atoms with Crippen LogP contribution < -0.4 is 0 Å². The second-order valence-corrected chi connectivity index (χ2v) is 8.07. The van der Waals surface area contributed by atoms with Gasteiger partial charge in [-0.15, -0.1) is 23.1 Å². The van der Waals surface area contributed by atoms with Gasteiger partial charge in [-0.2, -0.15) is 0 Å². The molecule has 3 heterocycles. The van der Waals surface area contributed by atoms with E-state index in [9.17, 15) is 9.59 Å². The summed E-state index contributed by atoms with van der Waals surface area (Å²) in [4.78, 5) is 29.3. The Balaban J connectivity index is 1.72. The fraction of sp³-hybridized carbons (Fsp3) is 0.571. The lowest BCUT2D eigenvalue weighted by Crippen LogP contribution is -2.50. The molecular weight excluding hydrogens is 292 g/mol. The van der Waals surface area contributed by atoms with Crippen LogP contribution in [0.4, 0.5) is 0 Å². The summed E-state index contributed by atoms with van der Waals surface area (Å²) < 4.78 is 0. The Hall–Kier alpha value is -1.01. The molecule has 0 bridgehead atoms. The molecule has 2 atom stereocenters. The highest BCUT2D eigenvalue weighted by Crippen LogP contribution is 2.47. The van der Waals surface area contributed by atoms with Gasteiger partial charge >= 0.3 is 0 Å². The van der Waals surface area contributed by atoms with Gasteiger partial charge < -0.3 is 9.80 Å². The van der Waals surface area contributed by atoms with E-state index in [4.69, 9.17) is 0 Å². The molecule has 0 spiro atoms. The molecule has 108 valence electrons. The minimum atomic E-state index is -0.287. The molecule has 4 nitrogen and oxygen atoms in total. The average Bonchev–Trinajstić information content (AvgIpc) is 3.08. The van der Waals surface area contributed by atoms with Crippen LogP contribution in [0.25, 0.3) is 0 Å². The van der Waals surface area contributed by atoms with E-state index in [0.29, 0.717) is 13.0 Å². The van der Waals surface area contributed by atoms with Crippen LogP contribution in [0.1, 0.15) is 24.6 Å². The summed E-state index contributed by atoms with van der Waals surface area (Å²) in [7, 11) is 1.82. The van der Waals surface area contributed by atoms with Crippen LogP contribution in [0, 0.1) is 0 Å². The van der Waals surface area contributed by atoms with Gasteiger partial charge in [-0.1, -0.05) is 6.07 Å². The van der Waals surface area contributed by atoms with Gasteiger partial charge in [0.25, 0.3) is 0 Å². The highest BCUT2D eigenvalue weighted by molar-refractivity contribution is 8.01. The topological polar surface area (TPSA) is 40.6 Å². The SMILES string of the molecule is CN(Cc1cccs1)C(=O)C1CSC2(C)CCC(=O)N12. The molecule has 0 aliphatic carbocycles. The highest BCUT2D eigenvalue weighted by Gasteiger charge is 2.53. The maximum Gasteiger partial charge on any atom is 0.246 e. The van der Waals surface area contributed by atoms with Crippen LogP contribution in [-0.4, -0.2) is 45.3 Å². The molecule has 20 heavy (non-hydrogen) atoms. The van der Waals surface area contributed by atoms with E-state index in [1.165, 1.54) is 4.88 Å². The van der Waals surface area contributed by atoms with Crippen molar-refractivity contribution in [1.82, 2.24) is 9.80 Å². The number of hydrogen-bond acceptors (Lipinski definition) is 4. The third-order valence-electron chi connectivity index (χ3n) is 4.08. The van der Waals surface area contributed by atoms with E-state index in [0.717, 1.165) is 12.2 Å². The van der Waals surface area contributed by atoms with Crippen molar-refractivity contribution in [1.29, 1.82) is 0 Å². The zero-order chi connectivity index (χ0) is 14.3. The molecule has 2 saturated heterocycles. The molecular formula is C14H18N2O2S2. The van der Waals surface area contributed by atoms with Crippen molar-refractivity contribution in [3.8, 4) is 0 Å². The number of thioether (sulfide) groups is 1. The second kappa shape index (κ2) is 5.07. The van der Waals surface area contributed by atoms with Gasteiger partial charge in [-0.05, 0) is 24.8 Å². The van der Waals surface area contributed by atoms with Crippen LogP contribution >= 0.6 is 23.1 Å². The molecule has 1 aromatic heterocycles. The number of carbonyl (C=O) groups excluding carboxylic acids is 2. The third-order valence-corrected chi connectivity index (χ3v) is 6.45. The van der Waals surface area contributed by atoms with E-state index in [1.54, 1.807) is 28.0 Å². The van der Waals surface area contributed by atoms with Crippen molar-refractivity contribution < 1.29 is 9.59 Å². The van der Waals surface area contributed by atoms with E-state index in [1.807, 2.05) is 29.5 Å². The van der Waals surface area contributed by atoms with Crippen LogP contribution in [0.15, 0.2) is 17.5 Å². The first-order valence-electron chi connectivity index (χ1n) is 6.75. The van der Waals surface area contributed by atoms with E-state index in [2.05, 4.69) is 6.92 Å². The molecule has 0 aromatic carbocycles.